The van der Waals surface area contributed by atoms with E-state index in [0.29, 0.717) is 41.0 Å². The van der Waals surface area contributed by atoms with E-state index in [1.54, 1.807) is 66.9 Å². The highest BCUT2D eigenvalue weighted by Crippen LogP contribution is 2.44. The molecule has 2 heterocycles. The number of halogens is 3. The third-order valence-corrected chi connectivity index (χ3v) is 11.8. The van der Waals surface area contributed by atoms with Gasteiger partial charge in [0, 0.05) is 59.9 Å². The number of carbonyl (C=O) groups excluding carboxylic acids is 4. The Morgan fingerprint density at radius 3 is 2.32 bits per heavy atom. The van der Waals surface area contributed by atoms with Gasteiger partial charge in [-0.05, 0) is 84.3 Å². The average molecular weight is 828 g/mol. The van der Waals surface area contributed by atoms with Crippen LogP contribution in [-0.2, 0) is 44.9 Å². The number of H-pyrrole nitrogens is 1. The Hall–Kier alpha value is -5.64. The van der Waals surface area contributed by atoms with Crippen LogP contribution in [0, 0.1) is 0 Å². The number of nitrogens with one attached hydrogen (secondary N) is 4. The Morgan fingerprint density at radius 1 is 0.847 bits per heavy atom. The molecule has 0 unspecified atom stereocenters. The van der Waals surface area contributed by atoms with Gasteiger partial charge in [-0.1, -0.05) is 78.5 Å². The van der Waals surface area contributed by atoms with E-state index in [1.165, 1.54) is 11.9 Å². The Bertz CT molecular complexity index is 2280. The van der Waals surface area contributed by atoms with Crippen molar-refractivity contribution >= 4 is 46.3 Å². The zero-order valence-corrected chi connectivity index (χ0v) is 33.4. The molecule has 5 aromatic rings. The summed E-state index contributed by atoms with van der Waals surface area (Å²) >= 11 is 0.913. The molecule has 4 amide bonds. The molecule has 4 aromatic carbocycles. The molecule has 1 aliphatic rings. The number of aromatic nitrogens is 1. The summed E-state index contributed by atoms with van der Waals surface area (Å²) < 4.78 is 45.6. The number of likely N-dealkylation sites (N-methyl/N-ethyl adjacent to an activating group) is 1. The van der Waals surface area contributed by atoms with Crippen LogP contribution < -0.4 is 27.4 Å². The predicted molar refractivity (Wildman–Crippen MR) is 222 cm³/mol. The van der Waals surface area contributed by atoms with Gasteiger partial charge in [-0.2, -0.15) is 13.2 Å². The Morgan fingerprint density at radius 2 is 1.58 bits per heavy atom. The second kappa shape index (κ2) is 19.4. The number of aromatic amines is 1. The van der Waals surface area contributed by atoms with Crippen molar-refractivity contribution in [2.45, 2.75) is 85.7 Å². The van der Waals surface area contributed by atoms with E-state index in [4.69, 9.17) is 11.5 Å². The number of hydrogen-bond donors (Lipinski definition) is 6. The summed E-state index contributed by atoms with van der Waals surface area (Å²) in [4.78, 5) is 60.0. The minimum Gasteiger partial charge on any atom is -0.370 e. The number of benzene rings is 4. The van der Waals surface area contributed by atoms with Crippen LogP contribution in [0.1, 0.15) is 54.4 Å². The van der Waals surface area contributed by atoms with E-state index in [9.17, 15) is 19.2 Å². The Kier molecular flexibility index (Phi) is 14.1. The fourth-order valence-corrected chi connectivity index (χ4v) is 8.47. The molecular weight excluding hydrogens is 780 g/mol. The molecule has 0 fully saturated rings. The molecule has 0 radical (unpaired) electrons. The molecule has 0 bridgehead atoms. The summed E-state index contributed by atoms with van der Waals surface area (Å²) in [6, 6.07) is 22.6. The summed E-state index contributed by atoms with van der Waals surface area (Å²) in [5.74, 6) is -2.35. The first kappa shape index (κ1) is 43.0. The smallest absolute Gasteiger partial charge is 0.370 e. The maximum atomic E-state index is 15.2. The molecule has 8 N–H and O–H groups in total. The highest BCUT2D eigenvalue weighted by atomic mass is 32.2. The molecule has 0 saturated carbocycles. The molecule has 6 rings (SSSR count). The number of unbranched alkanes of at least 4 members (excludes halogenated alkanes) is 1. The van der Waals surface area contributed by atoms with Gasteiger partial charge in [0.05, 0.1) is 11.6 Å². The first-order valence-electron chi connectivity index (χ1n) is 19.5. The summed E-state index contributed by atoms with van der Waals surface area (Å²) in [6.45, 7) is 0.109. The molecule has 15 heteroatoms. The molecule has 3 atom stereocenters. The Labute approximate surface area is 344 Å². The first-order chi connectivity index (χ1) is 28.3. The quantitative estimate of drug-likeness (QED) is 0.0931. The zero-order valence-electron chi connectivity index (χ0n) is 32.6. The number of nitrogens with two attached hydrogens (primary N) is 2. The standard InChI is InChI=1S/C44H48F3N7O4S/c1-54-37(23-30-25-50-34-15-7-6-14-32(30)34)42(57)52-26-31-21-29(27-11-3-2-4-12-27)22-33(44(45,46)47)40(31)59-38-17-8-5-13-28(38)24-51-35(18-19-39(49)55)41(56)53-36(43(54)58)16-9-10-20-48/h2-8,11-15,17,21-22,25,35-37,50-51H,9-10,16,18-20,23-24,26,48H2,1H3,(H2,49,55)(H,52,57)(H,53,56)/t35-,36-,37-/m0/s1. The van der Waals surface area contributed by atoms with Gasteiger partial charge >= 0.3 is 6.18 Å². The number of hydrogen-bond acceptors (Lipinski definition) is 7. The summed E-state index contributed by atoms with van der Waals surface area (Å²) in [7, 11) is 1.48. The van der Waals surface area contributed by atoms with E-state index in [-0.39, 0.29) is 49.2 Å². The van der Waals surface area contributed by atoms with Crippen molar-refractivity contribution in [2.24, 2.45) is 11.5 Å². The SMILES string of the molecule is CN1C(=O)[C@H](CCCCN)NC(=O)[C@H](CCC(N)=O)NCc2ccccc2Sc2c(cc(-c3ccccc3)cc2C(F)(F)F)CNC(=O)[C@@H]1Cc1c[nH]c2ccccc12. The van der Waals surface area contributed by atoms with Gasteiger partial charge in [-0.3, -0.25) is 19.2 Å². The number of rotatable bonds is 10. The lowest BCUT2D eigenvalue weighted by atomic mass is 9.98. The fraction of sp³-hybridized carbons (Fsp3) is 0.318. The largest absolute Gasteiger partial charge is 0.417 e. The van der Waals surface area contributed by atoms with Crippen LogP contribution in [-0.4, -0.2) is 65.2 Å². The van der Waals surface area contributed by atoms with Gasteiger partial charge in [0.25, 0.3) is 0 Å². The lowest BCUT2D eigenvalue weighted by molar-refractivity contribution is -0.142. The summed E-state index contributed by atoms with van der Waals surface area (Å²) in [5, 5.41) is 9.80. The van der Waals surface area contributed by atoms with Crippen LogP contribution in [0.3, 0.4) is 0 Å². The topological polar surface area (TPSA) is 175 Å². The van der Waals surface area contributed by atoms with Gasteiger partial charge in [0.1, 0.15) is 12.1 Å². The minimum atomic E-state index is -4.78. The van der Waals surface area contributed by atoms with Gasteiger partial charge in [0.2, 0.25) is 23.6 Å². The maximum Gasteiger partial charge on any atom is 0.417 e. The fourth-order valence-electron chi connectivity index (χ4n) is 7.29. The minimum absolute atomic E-state index is 0.00899. The Balaban J connectivity index is 1.50. The van der Waals surface area contributed by atoms with E-state index in [0.717, 1.165) is 34.3 Å². The monoisotopic (exact) mass is 827 g/mol. The second-order valence-corrected chi connectivity index (χ2v) is 15.7. The van der Waals surface area contributed by atoms with Crippen molar-refractivity contribution in [2.75, 3.05) is 13.6 Å². The van der Waals surface area contributed by atoms with Crippen LogP contribution in [0.25, 0.3) is 22.0 Å². The van der Waals surface area contributed by atoms with Crippen molar-refractivity contribution in [3.05, 3.63) is 119 Å². The van der Waals surface area contributed by atoms with Gasteiger partial charge in [0.15, 0.2) is 0 Å². The number of nitrogens with zero attached hydrogens (tertiary/aromatic N) is 1. The van der Waals surface area contributed by atoms with E-state index in [2.05, 4.69) is 20.9 Å². The third-order valence-electron chi connectivity index (χ3n) is 10.5. The highest BCUT2D eigenvalue weighted by Gasteiger charge is 2.37. The van der Waals surface area contributed by atoms with Crippen molar-refractivity contribution in [1.29, 1.82) is 0 Å². The molecule has 11 nitrogen and oxygen atoms in total. The van der Waals surface area contributed by atoms with E-state index >= 15 is 13.2 Å². The predicted octanol–water partition coefficient (Wildman–Crippen LogP) is 6.04. The average Bonchev–Trinajstić information content (AvgIpc) is 3.64. The molecule has 59 heavy (non-hydrogen) atoms. The van der Waals surface area contributed by atoms with Crippen LogP contribution in [0.5, 0.6) is 0 Å². The number of alkyl halides is 3. The van der Waals surface area contributed by atoms with Crippen molar-refractivity contribution in [3.63, 3.8) is 0 Å². The number of fused-ring (bicyclic) bond motifs is 3. The number of para-hydroxylation sites is 1. The van der Waals surface area contributed by atoms with Crippen LogP contribution >= 0.6 is 11.8 Å². The highest BCUT2D eigenvalue weighted by molar-refractivity contribution is 7.99. The lowest BCUT2D eigenvalue weighted by Crippen LogP contribution is -2.57. The van der Waals surface area contributed by atoms with Gasteiger partial charge < -0.3 is 37.3 Å². The molecule has 1 aliphatic heterocycles. The van der Waals surface area contributed by atoms with Gasteiger partial charge in [-0.25, -0.2) is 0 Å². The normalized spacial score (nSPS) is 18.4. The van der Waals surface area contributed by atoms with Crippen molar-refractivity contribution in [1.82, 2.24) is 25.8 Å². The third kappa shape index (κ3) is 10.7. The van der Waals surface area contributed by atoms with Crippen LogP contribution in [0.15, 0.2) is 107 Å². The van der Waals surface area contributed by atoms with Crippen LogP contribution in [0.4, 0.5) is 13.2 Å². The van der Waals surface area contributed by atoms with Crippen molar-refractivity contribution in [3.8, 4) is 11.1 Å². The molecule has 0 saturated heterocycles. The number of primary amides is 1. The molecule has 0 aliphatic carbocycles. The second-order valence-electron chi connectivity index (χ2n) is 14.6. The zero-order chi connectivity index (χ0) is 42.1. The lowest BCUT2D eigenvalue weighted by Gasteiger charge is -2.32. The summed E-state index contributed by atoms with van der Waals surface area (Å²) in [5.41, 5.74) is 13.6. The maximum absolute atomic E-state index is 15.2. The van der Waals surface area contributed by atoms with Gasteiger partial charge in [-0.15, -0.1) is 0 Å². The first-order valence-corrected chi connectivity index (χ1v) is 20.3. The van der Waals surface area contributed by atoms with Crippen molar-refractivity contribution < 1.29 is 32.3 Å². The molecule has 0 spiro atoms. The molecular formula is C44H48F3N7O4S. The van der Waals surface area contributed by atoms with E-state index < -0.39 is 53.5 Å². The van der Waals surface area contributed by atoms with Crippen LogP contribution in [0.2, 0.25) is 0 Å². The molecule has 1 aromatic heterocycles. The number of amides is 4. The summed E-state index contributed by atoms with van der Waals surface area (Å²) in [6.07, 6.45) is -1.84. The molecule has 310 valence electrons. The van der Waals surface area contributed by atoms with E-state index in [1.807, 2.05) is 24.3 Å². The number of carbonyl (C=O) groups is 4.